The zero-order valence-corrected chi connectivity index (χ0v) is 12.1. The molecule has 1 atom stereocenters. The van der Waals surface area contributed by atoms with E-state index in [0.717, 1.165) is 30.8 Å². The second-order valence-corrected chi connectivity index (χ2v) is 6.17. The van der Waals surface area contributed by atoms with Crippen LogP contribution in [0.1, 0.15) is 50.5 Å². The summed E-state index contributed by atoms with van der Waals surface area (Å²) in [5.41, 5.74) is 6.88. The van der Waals surface area contributed by atoms with Crippen molar-refractivity contribution in [2.45, 2.75) is 63.2 Å². The van der Waals surface area contributed by atoms with Crippen LogP contribution in [-0.4, -0.2) is 18.3 Å². The van der Waals surface area contributed by atoms with Gasteiger partial charge in [0, 0.05) is 19.4 Å². The van der Waals surface area contributed by atoms with E-state index in [1.807, 2.05) is 24.3 Å². The van der Waals surface area contributed by atoms with Crippen molar-refractivity contribution in [2.75, 3.05) is 6.61 Å². The first-order valence-electron chi connectivity index (χ1n) is 7.89. The lowest BCUT2D eigenvalue weighted by atomic mass is 9.79. The minimum absolute atomic E-state index is 0.109. The molecule has 3 heteroatoms. The third-order valence-corrected chi connectivity index (χ3v) is 4.67. The fraction of sp³-hybridized carbons (Fsp3) is 0.647. The summed E-state index contributed by atoms with van der Waals surface area (Å²) in [6.07, 6.45) is 8.72. The number of hydrogen-bond acceptors (Lipinski definition) is 3. The average molecular weight is 275 g/mol. The summed E-state index contributed by atoms with van der Waals surface area (Å²) in [5, 5.41) is 0. The molecule has 0 aromatic heterocycles. The molecule has 3 rings (SSSR count). The SMILES string of the molecule is NCc1ccc(OC2CCOC3(CCCCC3)C2)cc1. The zero-order chi connectivity index (χ0) is 13.8. The maximum Gasteiger partial charge on any atom is 0.119 e. The first-order chi connectivity index (χ1) is 9.80. The number of hydrogen-bond donors (Lipinski definition) is 1. The Bertz CT molecular complexity index is 418. The van der Waals surface area contributed by atoms with Gasteiger partial charge < -0.3 is 15.2 Å². The molecule has 1 aliphatic heterocycles. The normalized spacial score (nSPS) is 25.6. The molecule has 1 heterocycles. The highest BCUT2D eigenvalue weighted by Crippen LogP contribution is 2.39. The Morgan fingerprint density at radius 3 is 2.60 bits per heavy atom. The first kappa shape index (κ1) is 13.9. The van der Waals surface area contributed by atoms with E-state index >= 15 is 0 Å². The molecule has 2 N–H and O–H groups in total. The van der Waals surface area contributed by atoms with E-state index in [9.17, 15) is 0 Å². The first-order valence-corrected chi connectivity index (χ1v) is 7.89. The van der Waals surface area contributed by atoms with E-state index < -0.39 is 0 Å². The highest BCUT2D eigenvalue weighted by atomic mass is 16.5. The minimum Gasteiger partial charge on any atom is -0.490 e. The Hall–Kier alpha value is -1.06. The summed E-state index contributed by atoms with van der Waals surface area (Å²) in [6.45, 7) is 1.42. The summed E-state index contributed by atoms with van der Waals surface area (Å²) in [5.74, 6) is 0.958. The van der Waals surface area contributed by atoms with Crippen LogP contribution in [0.5, 0.6) is 5.75 Å². The van der Waals surface area contributed by atoms with Crippen molar-refractivity contribution in [3.05, 3.63) is 29.8 Å². The van der Waals surface area contributed by atoms with Crippen molar-refractivity contribution >= 4 is 0 Å². The van der Waals surface area contributed by atoms with Gasteiger partial charge in [0.2, 0.25) is 0 Å². The van der Waals surface area contributed by atoms with Gasteiger partial charge in [-0.15, -0.1) is 0 Å². The predicted molar refractivity (Wildman–Crippen MR) is 79.8 cm³/mol. The minimum atomic E-state index is 0.109. The van der Waals surface area contributed by atoms with E-state index in [1.165, 1.54) is 32.1 Å². The molecule has 0 radical (unpaired) electrons. The zero-order valence-electron chi connectivity index (χ0n) is 12.1. The lowest BCUT2D eigenvalue weighted by molar-refractivity contribution is -0.129. The Labute approximate surface area is 121 Å². The van der Waals surface area contributed by atoms with Gasteiger partial charge in [-0.1, -0.05) is 31.4 Å². The van der Waals surface area contributed by atoms with Crippen molar-refractivity contribution in [3.8, 4) is 5.75 Å². The van der Waals surface area contributed by atoms with Crippen molar-refractivity contribution in [1.82, 2.24) is 0 Å². The van der Waals surface area contributed by atoms with E-state index in [0.29, 0.717) is 12.6 Å². The number of rotatable bonds is 3. The molecule has 1 aromatic rings. The molecule has 110 valence electrons. The molecule has 2 aliphatic rings. The molecule has 3 nitrogen and oxygen atoms in total. The molecule has 1 aromatic carbocycles. The maximum absolute atomic E-state index is 6.16. The van der Waals surface area contributed by atoms with E-state index in [2.05, 4.69) is 0 Å². The van der Waals surface area contributed by atoms with Gasteiger partial charge in [0.1, 0.15) is 11.9 Å². The van der Waals surface area contributed by atoms with E-state index in [4.69, 9.17) is 15.2 Å². The molecule has 1 unspecified atom stereocenters. The lowest BCUT2D eigenvalue weighted by Crippen LogP contribution is -2.45. The van der Waals surface area contributed by atoms with Crippen LogP contribution < -0.4 is 10.5 Å². The van der Waals surface area contributed by atoms with Crippen LogP contribution in [0.2, 0.25) is 0 Å². The molecule has 2 fully saturated rings. The lowest BCUT2D eigenvalue weighted by Gasteiger charge is -2.43. The van der Waals surface area contributed by atoms with Crippen molar-refractivity contribution in [3.63, 3.8) is 0 Å². The fourth-order valence-corrected chi connectivity index (χ4v) is 3.52. The monoisotopic (exact) mass is 275 g/mol. The molecule has 20 heavy (non-hydrogen) atoms. The van der Waals surface area contributed by atoms with Crippen LogP contribution in [0.15, 0.2) is 24.3 Å². The summed E-state index contributed by atoms with van der Waals surface area (Å²) in [4.78, 5) is 0. The van der Waals surface area contributed by atoms with Crippen molar-refractivity contribution in [1.29, 1.82) is 0 Å². The van der Waals surface area contributed by atoms with Crippen LogP contribution in [0.25, 0.3) is 0 Å². The molecule has 1 spiro atoms. The topological polar surface area (TPSA) is 44.5 Å². The Kier molecular flexibility index (Phi) is 4.27. The summed E-state index contributed by atoms with van der Waals surface area (Å²) in [7, 11) is 0. The summed E-state index contributed by atoms with van der Waals surface area (Å²) in [6, 6.07) is 8.16. The van der Waals surface area contributed by atoms with Gasteiger partial charge in [0.15, 0.2) is 0 Å². The number of benzene rings is 1. The third-order valence-electron chi connectivity index (χ3n) is 4.67. The van der Waals surface area contributed by atoms with Gasteiger partial charge in [-0.05, 0) is 30.5 Å². The Morgan fingerprint density at radius 2 is 1.90 bits per heavy atom. The number of ether oxygens (including phenoxy) is 2. The molecule has 0 amide bonds. The highest BCUT2D eigenvalue weighted by molar-refractivity contribution is 5.27. The van der Waals surface area contributed by atoms with E-state index in [-0.39, 0.29) is 5.60 Å². The van der Waals surface area contributed by atoms with E-state index in [1.54, 1.807) is 0 Å². The second-order valence-electron chi connectivity index (χ2n) is 6.17. The molecule has 0 bridgehead atoms. The summed E-state index contributed by atoms with van der Waals surface area (Å²) >= 11 is 0. The third kappa shape index (κ3) is 3.15. The quantitative estimate of drug-likeness (QED) is 0.919. The Morgan fingerprint density at radius 1 is 1.15 bits per heavy atom. The number of nitrogens with two attached hydrogens (primary N) is 1. The predicted octanol–water partition coefficient (Wildman–Crippen LogP) is 3.41. The van der Waals surface area contributed by atoms with Crippen LogP contribution in [0.4, 0.5) is 0 Å². The van der Waals surface area contributed by atoms with Gasteiger partial charge in [-0.25, -0.2) is 0 Å². The molecular formula is C17H25NO2. The Balaban J connectivity index is 1.61. The van der Waals surface area contributed by atoms with Crippen molar-refractivity contribution in [2.24, 2.45) is 5.73 Å². The van der Waals surface area contributed by atoms with Gasteiger partial charge in [-0.3, -0.25) is 0 Å². The summed E-state index contributed by atoms with van der Waals surface area (Å²) < 4.78 is 12.3. The van der Waals surface area contributed by atoms with Gasteiger partial charge in [-0.2, -0.15) is 0 Å². The van der Waals surface area contributed by atoms with Gasteiger partial charge in [0.25, 0.3) is 0 Å². The highest BCUT2D eigenvalue weighted by Gasteiger charge is 2.39. The second kappa shape index (κ2) is 6.15. The fourth-order valence-electron chi connectivity index (χ4n) is 3.52. The molecule has 1 aliphatic carbocycles. The van der Waals surface area contributed by atoms with Crippen LogP contribution >= 0.6 is 0 Å². The van der Waals surface area contributed by atoms with Gasteiger partial charge in [0.05, 0.1) is 12.2 Å². The van der Waals surface area contributed by atoms with Crippen LogP contribution in [0, 0.1) is 0 Å². The molecular weight excluding hydrogens is 250 g/mol. The van der Waals surface area contributed by atoms with Crippen LogP contribution in [0.3, 0.4) is 0 Å². The largest absolute Gasteiger partial charge is 0.490 e. The molecule has 1 saturated carbocycles. The standard InChI is InChI=1S/C17H25NO2/c18-13-14-4-6-15(7-5-14)20-16-8-11-19-17(12-16)9-2-1-3-10-17/h4-7,16H,1-3,8-13,18H2. The maximum atomic E-state index is 6.16. The van der Waals surface area contributed by atoms with Crippen LogP contribution in [-0.2, 0) is 11.3 Å². The van der Waals surface area contributed by atoms with Gasteiger partial charge >= 0.3 is 0 Å². The average Bonchev–Trinajstić information content (AvgIpc) is 2.49. The smallest absolute Gasteiger partial charge is 0.119 e. The molecule has 1 saturated heterocycles. The van der Waals surface area contributed by atoms with Crippen molar-refractivity contribution < 1.29 is 9.47 Å².